The summed E-state index contributed by atoms with van der Waals surface area (Å²) in [6.07, 6.45) is 3.92. The van der Waals surface area contributed by atoms with Gasteiger partial charge in [-0.1, -0.05) is 0 Å². The van der Waals surface area contributed by atoms with Crippen LogP contribution in [0.25, 0.3) is 11.5 Å². The number of furan rings is 1. The van der Waals surface area contributed by atoms with E-state index in [1.165, 1.54) is 13.5 Å². The summed E-state index contributed by atoms with van der Waals surface area (Å²) in [5, 5.41) is 2.99. The molecule has 0 radical (unpaired) electrons. The maximum atomic E-state index is 11.7. The molecule has 1 amide bonds. The average Bonchev–Trinajstić information content (AvgIpc) is 3.21. The molecule has 7 nitrogen and oxygen atoms in total. The molecule has 3 saturated heterocycles. The minimum absolute atomic E-state index is 0.0498. The summed E-state index contributed by atoms with van der Waals surface area (Å²) in [5.74, 6) is 2.49. The first-order chi connectivity index (χ1) is 13.1. The number of nitrogens with zero attached hydrogens (tertiary/aromatic N) is 3. The third-order valence-corrected chi connectivity index (χ3v) is 5.70. The molecule has 0 aromatic carbocycles. The number of hydrogen-bond acceptors (Lipinski definition) is 6. The zero-order valence-electron chi connectivity index (χ0n) is 15.9. The van der Waals surface area contributed by atoms with Gasteiger partial charge in [-0.2, -0.15) is 0 Å². The van der Waals surface area contributed by atoms with Gasteiger partial charge in [0.05, 0.1) is 6.26 Å². The second kappa shape index (κ2) is 7.78. The van der Waals surface area contributed by atoms with Crippen molar-refractivity contribution in [1.29, 1.82) is 0 Å². The molecule has 3 aliphatic rings. The number of methoxy groups -OCH3 is 1. The van der Waals surface area contributed by atoms with Crippen LogP contribution in [0.4, 0.5) is 0 Å². The SMILES string of the molecule is COCC(=O)NC[C@H]1C[C@@H]2CCN1C[C@H]2c1cc(-c2ccco2)nc(C)n1. The molecule has 0 aliphatic carbocycles. The molecular formula is C20H26N4O3. The van der Waals surface area contributed by atoms with E-state index in [4.69, 9.17) is 14.1 Å². The molecule has 2 bridgehead atoms. The van der Waals surface area contributed by atoms with Crippen LogP contribution in [0.15, 0.2) is 28.9 Å². The minimum Gasteiger partial charge on any atom is -0.463 e. The van der Waals surface area contributed by atoms with Gasteiger partial charge < -0.3 is 14.5 Å². The highest BCUT2D eigenvalue weighted by Gasteiger charge is 2.41. The summed E-state index contributed by atoms with van der Waals surface area (Å²) in [4.78, 5) is 23.5. The maximum absolute atomic E-state index is 11.7. The molecule has 5 heterocycles. The van der Waals surface area contributed by atoms with Crippen LogP contribution in [0.5, 0.6) is 0 Å². The molecule has 2 aromatic rings. The van der Waals surface area contributed by atoms with Crippen molar-refractivity contribution >= 4 is 5.91 Å². The Bertz CT molecular complexity index is 793. The zero-order valence-corrected chi connectivity index (χ0v) is 15.9. The van der Waals surface area contributed by atoms with Crippen molar-refractivity contribution in [2.45, 2.75) is 31.7 Å². The summed E-state index contributed by atoms with van der Waals surface area (Å²) in [7, 11) is 1.54. The number of hydrogen-bond donors (Lipinski definition) is 1. The molecule has 1 unspecified atom stereocenters. The Kier molecular flexibility index (Phi) is 5.22. The number of piperidine rings is 3. The van der Waals surface area contributed by atoms with Gasteiger partial charge in [0.25, 0.3) is 0 Å². The topological polar surface area (TPSA) is 80.5 Å². The molecule has 7 heteroatoms. The molecule has 27 heavy (non-hydrogen) atoms. The van der Waals surface area contributed by atoms with E-state index < -0.39 is 0 Å². The summed E-state index contributed by atoms with van der Waals surface area (Å²) in [6, 6.07) is 6.28. The Morgan fingerprint density at radius 2 is 2.33 bits per heavy atom. The predicted octanol–water partition coefficient (Wildman–Crippen LogP) is 1.99. The van der Waals surface area contributed by atoms with Crippen molar-refractivity contribution in [1.82, 2.24) is 20.2 Å². The van der Waals surface area contributed by atoms with E-state index in [0.717, 1.165) is 42.5 Å². The molecular weight excluding hydrogens is 344 g/mol. The Hall–Kier alpha value is -2.25. The number of carbonyl (C=O) groups excluding carboxylic acids is 1. The number of aromatic nitrogens is 2. The highest BCUT2D eigenvalue weighted by molar-refractivity contribution is 5.77. The van der Waals surface area contributed by atoms with Gasteiger partial charge in [-0.3, -0.25) is 9.69 Å². The second-order valence-electron chi connectivity index (χ2n) is 7.48. The van der Waals surface area contributed by atoms with Crippen molar-refractivity contribution in [2.75, 3.05) is 33.4 Å². The number of ether oxygens (including phenoxy) is 1. The molecule has 3 fully saturated rings. The number of nitrogens with one attached hydrogen (secondary N) is 1. The highest BCUT2D eigenvalue weighted by atomic mass is 16.5. The van der Waals surface area contributed by atoms with E-state index in [1.807, 2.05) is 19.1 Å². The minimum atomic E-state index is -0.0498. The summed E-state index contributed by atoms with van der Waals surface area (Å²) in [6.45, 7) is 4.80. The highest BCUT2D eigenvalue weighted by Crippen LogP contribution is 2.41. The van der Waals surface area contributed by atoms with Crippen LogP contribution in [0.3, 0.4) is 0 Å². The largest absolute Gasteiger partial charge is 0.463 e. The predicted molar refractivity (Wildman–Crippen MR) is 100 cm³/mol. The molecule has 5 rings (SSSR count). The molecule has 0 spiro atoms. The van der Waals surface area contributed by atoms with Gasteiger partial charge in [-0.25, -0.2) is 9.97 Å². The first-order valence-electron chi connectivity index (χ1n) is 9.53. The van der Waals surface area contributed by atoms with E-state index in [0.29, 0.717) is 24.4 Å². The van der Waals surface area contributed by atoms with Crippen LogP contribution >= 0.6 is 0 Å². The van der Waals surface area contributed by atoms with E-state index in [-0.39, 0.29) is 12.5 Å². The normalized spacial score (nSPS) is 26.9. The number of fused-ring (bicyclic) bond motifs is 3. The number of amides is 1. The standard InChI is InChI=1S/C20H26N4O3/c1-13-22-17(9-18(23-13)19-4-3-7-27-19)16-11-24-6-5-14(16)8-15(24)10-21-20(25)12-26-2/h3-4,7,9,14-16H,5-6,8,10-12H2,1-2H3,(H,21,25)/t14-,15+,16+/m0/s1. The van der Waals surface area contributed by atoms with Crippen molar-refractivity contribution in [2.24, 2.45) is 5.92 Å². The Labute approximate surface area is 159 Å². The van der Waals surface area contributed by atoms with Crippen LogP contribution in [0.1, 0.15) is 30.3 Å². The fourth-order valence-corrected chi connectivity index (χ4v) is 4.43. The first kappa shape index (κ1) is 18.1. The summed E-state index contributed by atoms with van der Waals surface area (Å²) in [5.41, 5.74) is 1.95. The molecule has 1 N–H and O–H groups in total. The van der Waals surface area contributed by atoms with Gasteiger partial charge in [0.15, 0.2) is 5.76 Å². The van der Waals surface area contributed by atoms with Crippen molar-refractivity contribution in [3.63, 3.8) is 0 Å². The van der Waals surface area contributed by atoms with E-state index >= 15 is 0 Å². The smallest absolute Gasteiger partial charge is 0.246 e. The van der Waals surface area contributed by atoms with Gasteiger partial charge in [-0.05, 0) is 50.4 Å². The fraction of sp³-hybridized carbons (Fsp3) is 0.550. The molecule has 4 atom stereocenters. The zero-order chi connectivity index (χ0) is 18.8. The average molecular weight is 370 g/mol. The van der Waals surface area contributed by atoms with Gasteiger partial charge in [-0.15, -0.1) is 0 Å². The molecule has 3 aliphatic heterocycles. The third-order valence-electron chi connectivity index (χ3n) is 5.70. The van der Waals surface area contributed by atoms with E-state index in [2.05, 4.69) is 21.3 Å². The fourth-order valence-electron chi connectivity index (χ4n) is 4.43. The second-order valence-corrected chi connectivity index (χ2v) is 7.48. The first-order valence-corrected chi connectivity index (χ1v) is 9.53. The lowest BCUT2D eigenvalue weighted by Gasteiger charge is -2.49. The van der Waals surface area contributed by atoms with Gasteiger partial charge in [0.1, 0.15) is 18.1 Å². The van der Waals surface area contributed by atoms with Crippen LogP contribution in [-0.2, 0) is 9.53 Å². The van der Waals surface area contributed by atoms with Crippen molar-refractivity contribution < 1.29 is 13.9 Å². The van der Waals surface area contributed by atoms with E-state index in [9.17, 15) is 4.79 Å². The van der Waals surface area contributed by atoms with Crippen LogP contribution < -0.4 is 5.32 Å². The third kappa shape index (κ3) is 3.89. The summed E-state index contributed by atoms with van der Waals surface area (Å²) < 4.78 is 10.4. The monoisotopic (exact) mass is 370 g/mol. The maximum Gasteiger partial charge on any atom is 0.246 e. The van der Waals surface area contributed by atoms with Crippen LogP contribution in [0, 0.1) is 12.8 Å². The number of rotatable bonds is 6. The quantitative estimate of drug-likeness (QED) is 0.838. The van der Waals surface area contributed by atoms with E-state index in [1.54, 1.807) is 6.26 Å². The molecule has 2 aromatic heterocycles. The van der Waals surface area contributed by atoms with Gasteiger partial charge >= 0.3 is 0 Å². The van der Waals surface area contributed by atoms with Crippen LogP contribution in [0.2, 0.25) is 0 Å². The molecule has 0 saturated carbocycles. The molecule has 144 valence electrons. The lowest BCUT2D eigenvalue weighted by molar-refractivity contribution is -0.125. The van der Waals surface area contributed by atoms with Gasteiger partial charge in [0.2, 0.25) is 5.91 Å². The van der Waals surface area contributed by atoms with Crippen molar-refractivity contribution in [3.05, 3.63) is 36.0 Å². The number of aryl methyl sites for hydroxylation is 1. The number of carbonyl (C=O) groups is 1. The lowest BCUT2D eigenvalue weighted by Crippen LogP contribution is -2.56. The van der Waals surface area contributed by atoms with Gasteiger partial charge in [0, 0.05) is 37.9 Å². The Balaban J connectivity index is 1.47. The van der Waals surface area contributed by atoms with Crippen LogP contribution in [-0.4, -0.2) is 60.2 Å². The van der Waals surface area contributed by atoms with Crippen molar-refractivity contribution in [3.8, 4) is 11.5 Å². The Morgan fingerprint density at radius 3 is 3.04 bits per heavy atom. The Morgan fingerprint density at radius 1 is 1.44 bits per heavy atom. The lowest BCUT2D eigenvalue weighted by atomic mass is 9.74. The summed E-state index contributed by atoms with van der Waals surface area (Å²) >= 11 is 0.